The minimum atomic E-state index is -0.420. The summed E-state index contributed by atoms with van der Waals surface area (Å²) >= 11 is 1.31. The number of nitriles is 1. The molecule has 3 rings (SSSR count). The average molecular weight is 393 g/mol. The van der Waals surface area contributed by atoms with Crippen LogP contribution in [-0.2, 0) is 11.3 Å². The average Bonchev–Trinajstić information content (AvgIpc) is 3.28. The summed E-state index contributed by atoms with van der Waals surface area (Å²) in [6, 6.07) is 10.7. The molecule has 0 unspecified atom stereocenters. The number of rotatable bonds is 7. The van der Waals surface area contributed by atoms with E-state index in [0.29, 0.717) is 28.8 Å². The van der Waals surface area contributed by atoms with Gasteiger partial charge in [0.2, 0.25) is 5.91 Å². The predicted molar refractivity (Wildman–Crippen MR) is 108 cm³/mol. The van der Waals surface area contributed by atoms with Crippen molar-refractivity contribution in [2.24, 2.45) is 0 Å². The Morgan fingerprint density at radius 3 is 2.96 bits per heavy atom. The number of benzene rings is 1. The van der Waals surface area contributed by atoms with Crippen LogP contribution in [0.2, 0.25) is 0 Å². The maximum absolute atomic E-state index is 12.6. The number of nitrogens with one attached hydrogen (secondary N) is 1. The van der Waals surface area contributed by atoms with Crippen molar-refractivity contribution in [3.8, 4) is 17.5 Å². The van der Waals surface area contributed by atoms with Gasteiger partial charge < -0.3 is 9.73 Å². The zero-order valence-corrected chi connectivity index (χ0v) is 16.4. The van der Waals surface area contributed by atoms with Gasteiger partial charge in [0, 0.05) is 12.2 Å². The minimum Gasteiger partial charge on any atom is -0.469 e. The standard InChI is InChI=1S/C20H19N5O2S/c1-4-9-25-18(17-8-10-27-13(17)2)23-24-20(25)28-14(3)19(26)22-16-7-5-6-15(11-16)12-21/h4-8,10-11,14H,1,9H2,2-3H3,(H,22,26)/t14-/m1/s1. The highest BCUT2D eigenvalue weighted by Crippen LogP contribution is 2.29. The number of carbonyl (C=O) groups is 1. The number of aromatic nitrogens is 3. The van der Waals surface area contributed by atoms with Crippen LogP contribution >= 0.6 is 11.8 Å². The van der Waals surface area contributed by atoms with E-state index in [2.05, 4.69) is 28.2 Å². The highest BCUT2D eigenvalue weighted by molar-refractivity contribution is 8.00. The SMILES string of the molecule is C=CCn1c(S[C@H](C)C(=O)Nc2cccc(C#N)c2)nnc1-c1ccoc1C. The van der Waals surface area contributed by atoms with Gasteiger partial charge in [-0.3, -0.25) is 9.36 Å². The number of furan rings is 1. The second kappa shape index (κ2) is 8.59. The summed E-state index contributed by atoms with van der Waals surface area (Å²) in [5.41, 5.74) is 1.93. The Labute approximate surface area is 167 Å². The van der Waals surface area contributed by atoms with Crippen LogP contribution < -0.4 is 5.32 Å². The van der Waals surface area contributed by atoms with Gasteiger partial charge in [0.15, 0.2) is 11.0 Å². The Bertz CT molecular complexity index is 1050. The Balaban J connectivity index is 1.78. The van der Waals surface area contributed by atoms with E-state index >= 15 is 0 Å². The molecular weight excluding hydrogens is 374 g/mol. The van der Waals surface area contributed by atoms with E-state index in [9.17, 15) is 4.79 Å². The van der Waals surface area contributed by atoms with Crippen molar-refractivity contribution >= 4 is 23.4 Å². The van der Waals surface area contributed by atoms with Crippen molar-refractivity contribution in [1.29, 1.82) is 5.26 Å². The molecule has 0 aliphatic carbocycles. The first kappa shape index (κ1) is 19.5. The molecule has 0 aliphatic heterocycles. The third-order valence-electron chi connectivity index (χ3n) is 4.04. The van der Waals surface area contributed by atoms with Gasteiger partial charge in [-0.05, 0) is 38.1 Å². The molecule has 0 radical (unpaired) electrons. The molecule has 0 aliphatic rings. The van der Waals surface area contributed by atoms with Crippen LogP contribution in [0.3, 0.4) is 0 Å². The molecule has 28 heavy (non-hydrogen) atoms. The summed E-state index contributed by atoms with van der Waals surface area (Å²) in [4.78, 5) is 12.6. The van der Waals surface area contributed by atoms with Gasteiger partial charge in [0.05, 0.1) is 28.7 Å². The number of allylic oxidation sites excluding steroid dienone is 1. The molecule has 1 N–H and O–H groups in total. The van der Waals surface area contributed by atoms with Crippen LogP contribution in [0.15, 0.2) is 58.8 Å². The van der Waals surface area contributed by atoms with E-state index in [-0.39, 0.29) is 5.91 Å². The van der Waals surface area contributed by atoms with Crippen molar-refractivity contribution < 1.29 is 9.21 Å². The molecule has 2 heterocycles. The third-order valence-corrected chi connectivity index (χ3v) is 5.12. The number of amides is 1. The number of thioether (sulfide) groups is 1. The van der Waals surface area contributed by atoms with E-state index in [1.54, 1.807) is 43.5 Å². The molecule has 0 saturated heterocycles. The van der Waals surface area contributed by atoms with Gasteiger partial charge in [-0.2, -0.15) is 5.26 Å². The van der Waals surface area contributed by atoms with Crippen molar-refractivity contribution in [2.75, 3.05) is 5.32 Å². The van der Waals surface area contributed by atoms with E-state index < -0.39 is 5.25 Å². The smallest absolute Gasteiger partial charge is 0.237 e. The summed E-state index contributed by atoms with van der Waals surface area (Å²) in [6.45, 7) is 7.96. The number of hydrogen-bond acceptors (Lipinski definition) is 6. The maximum Gasteiger partial charge on any atom is 0.237 e. The third kappa shape index (κ3) is 4.15. The Morgan fingerprint density at radius 2 is 2.29 bits per heavy atom. The van der Waals surface area contributed by atoms with Gasteiger partial charge in [0.25, 0.3) is 0 Å². The molecule has 0 spiro atoms. The molecule has 2 aromatic heterocycles. The molecule has 0 fully saturated rings. The molecule has 1 amide bonds. The van der Waals surface area contributed by atoms with Crippen molar-refractivity contribution in [2.45, 2.75) is 30.8 Å². The second-order valence-electron chi connectivity index (χ2n) is 6.04. The Hall–Kier alpha value is -3.31. The first-order valence-electron chi connectivity index (χ1n) is 8.59. The summed E-state index contributed by atoms with van der Waals surface area (Å²) < 4.78 is 7.26. The predicted octanol–water partition coefficient (Wildman–Crippen LogP) is 4.02. The lowest BCUT2D eigenvalue weighted by atomic mass is 10.2. The maximum atomic E-state index is 12.6. The van der Waals surface area contributed by atoms with Crippen LogP contribution in [-0.4, -0.2) is 25.9 Å². The molecule has 0 bridgehead atoms. The zero-order valence-electron chi connectivity index (χ0n) is 15.5. The molecule has 0 saturated carbocycles. The van der Waals surface area contributed by atoms with Crippen LogP contribution in [0.4, 0.5) is 5.69 Å². The van der Waals surface area contributed by atoms with E-state index in [1.807, 2.05) is 17.6 Å². The lowest BCUT2D eigenvalue weighted by molar-refractivity contribution is -0.115. The summed E-state index contributed by atoms with van der Waals surface area (Å²) in [5.74, 6) is 1.23. The normalized spacial score (nSPS) is 11.6. The zero-order chi connectivity index (χ0) is 20.1. The lowest BCUT2D eigenvalue weighted by Crippen LogP contribution is -2.23. The van der Waals surface area contributed by atoms with E-state index in [4.69, 9.17) is 9.68 Å². The monoisotopic (exact) mass is 393 g/mol. The minimum absolute atomic E-state index is 0.186. The van der Waals surface area contributed by atoms with Gasteiger partial charge in [-0.15, -0.1) is 16.8 Å². The Kier molecular flexibility index (Phi) is 5.96. The highest BCUT2D eigenvalue weighted by Gasteiger charge is 2.22. The van der Waals surface area contributed by atoms with Gasteiger partial charge in [-0.1, -0.05) is 23.9 Å². The van der Waals surface area contributed by atoms with E-state index in [0.717, 1.165) is 11.3 Å². The quantitative estimate of drug-likeness (QED) is 0.481. The first-order chi connectivity index (χ1) is 13.5. The fraction of sp³-hybridized carbons (Fsp3) is 0.200. The highest BCUT2D eigenvalue weighted by atomic mass is 32.2. The fourth-order valence-electron chi connectivity index (χ4n) is 2.61. The molecule has 142 valence electrons. The molecule has 7 nitrogen and oxygen atoms in total. The van der Waals surface area contributed by atoms with Crippen LogP contribution in [0.1, 0.15) is 18.2 Å². The fourth-order valence-corrected chi connectivity index (χ4v) is 3.47. The number of anilines is 1. The summed E-state index contributed by atoms with van der Waals surface area (Å²) in [5, 5.41) is 20.5. The largest absolute Gasteiger partial charge is 0.469 e. The Morgan fingerprint density at radius 1 is 1.46 bits per heavy atom. The van der Waals surface area contributed by atoms with Crippen molar-refractivity contribution in [1.82, 2.24) is 14.8 Å². The molecule has 1 atom stereocenters. The molecule has 8 heteroatoms. The molecular formula is C20H19N5O2S. The van der Waals surface area contributed by atoms with Crippen molar-refractivity contribution in [3.63, 3.8) is 0 Å². The van der Waals surface area contributed by atoms with Crippen LogP contribution in [0.25, 0.3) is 11.4 Å². The topological polar surface area (TPSA) is 96.7 Å². The summed E-state index contributed by atoms with van der Waals surface area (Å²) in [7, 11) is 0. The number of hydrogen-bond donors (Lipinski definition) is 1. The molecule has 3 aromatic rings. The second-order valence-corrected chi connectivity index (χ2v) is 7.35. The van der Waals surface area contributed by atoms with Gasteiger partial charge >= 0.3 is 0 Å². The molecule has 1 aromatic carbocycles. The number of aryl methyl sites for hydroxylation is 1. The first-order valence-corrected chi connectivity index (χ1v) is 9.47. The lowest BCUT2D eigenvalue weighted by Gasteiger charge is -2.13. The van der Waals surface area contributed by atoms with Crippen LogP contribution in [0.5, 0.6) is 0 Å². The number of carbonyl (C=O) groups excluding carboxylic acids is 1. The number of nitrogens with zero attached hydrogens (tertiary/aromatic N) is 4. The van der Waals surface area contributed by atoms with Gasteiger partial charge in [0.1, 0.15) is 5.76 Å². The van der Waals surface area contributed by atoms with E-state index in [1.165, 1.54) is 11.8 Å². The summed E-state index contributed by atoms with van der Waals surface area (Å²) in [6.07, 6.45) is 3.36. The van der Waals surface area contributed by atoms with Crippen molar-refractivity contribution in [3.05, 3.63) is 60.6 Å². The van der Waals surface area contributed by atoms with Gasteiger partial charge in [-0.25, -0.2) is 0 Å². The van der Waals surface area contributed by atoms with Crippen LogP contribution in [0, 0.1) is 18.3 Å².